The summed E-state index contributed by atoms with van der Waals surface area (Å²) in [4.78, 5) is 45.3. The van der Waals surface area contributed by atoms with Gasteiger partial charge in [0.15, 0.2) is 6.61 Å². The third-order valence-electron chi connectivity index (χ3n) is 3.34. The van der Waals surface area contributed by atoms with Crippen molar-refractivity contribution in [2.45, 2.75) is 20.4 Å². The molecule has 0 atom stereocenters. The van der Waals surface area contributed by atoms with Crippen LogP contribution in [-0.2, 0) is 20.9 Å². The van der Waals surface area contributed by atoms with Crippen LogP contribution in [0.15, 0.2) is 28.4 Å². The number of anilines is 1. The Bertz CT molecular complexity index is 886. The second-order valence-corrected chi connectivity index (χ2v) is 5.98. The Morgan fingerprint density at radius 1 is 1.36 bits per heavy atom. The zero-order chi connectivity index (χ0) is 18.6. The van der Waals surface area contributed by atoms with Gasteiger partial charge in [0.25, 0.3) is 11.6 Å². The summed E-state index contributed by atoms with van der Waals surface area (Å²) in [5.41, 5.74) is 0.930. The number of benzene rings is 1. The molecule has 1 heterocycles. The van der Waals surface area contributed by atoms with Crippen LogP contribution < -0.4 is 10.2 Å². The van der Waals surface area contributed by atoms with Crippen molar-refractivity contribution in [1.29, 1.82) is 0 Å². The van der Waals surface area contributed by atoms with Crippen molar-refractivity contribution in [1.82, 2.24) is 4.57 Å². The van der Waals surface area contributed by atoms with E-state index in [2.05, 4.69) is 5.32 Å². The number of nitro groups is 1. The van der Waals surface area contributed by atoms with Crippen LogP contribution in [0.2, 0.25) is 0 Å². The summed E-state index contributed by atoms with van der Waals surface area (Å²) in [5, 5.41) is 15.0. The molecule has 0 radical (unpaired) electrons. The molecule has 0 aliphatic heterocycles. The molecular weight excluding hydrogens is 350 g/mol. The first kappa shape index (κ1) is 18.3. The van der Waals surface area contributed by atoms with Crippen molar-refractivity contribution < 1.29 is 19.2 Å². The fourth-order valence-electron chi connectivity index (χ4n) is 2.06. The summed E-state index contributed by atoms with van der Waals surface area (Å²) in [6.07, 6.45) is 0. The molecule has 0 saturated carbocycles. The number of amides is 1. The first-order valence-electron chi connectivity index (χ1n) is 7.14. The SMILES string of the molecule is Cc1cccc([N+](=O)[O-])c1NC(=O)COC(=O)Cn1c(C)csc1=O. The van der Waals surface area contributed by atoms with Gasteiger partial charge in [0.1, 0.15) is 12.2 Å². The van der Waals surface area contributed by atoms with Gasteiger partial charge in [-0.05, 0) is 19.4 Å². The average Bonchev–Trinajstić information content (AvgIpc) is 2.86. The van der Waals surface area contributed by atoms with E-state index in [9.17, 15) is 24.5 Å². The number of nitrogens with zero attached hydrogens (tertiary/aromatic N) is 2. The number of hydrogen-bond acceptors (Lipinski definition) is 7. The number of aromatic nitrogens is 1. The molecule has 0 unspecified atom stereocenters. The summed E-state index contributed by atoms with van der Waals surface area (Å²) in [6.45, 7) is 2.38. The van der Waals surface area contributed by atoms with Crippen molar-refractivity contribution in [3.05, 3.63) is 54.6 Å². The molecule has 9 nitrogen and oxygen atoms in total. The molecular formula is C15H15N3O6S. The maximum atomic E-state index is 11.9. The lowest BCUT2D eigenvalue weighted by molar-refractivity contribution is -0.384. The molecule has 0 saturated heterocycles. The number of thiazole rings is 1. The smallest absolute Gasteiger partial charge is 0.326 e. The Balaban J connectivity index is 1.97. The molecule has 0 fully saturated rings. The van der Waals surface area contributed by atoms with E-state index in [1.54, 1.807) is 25.3 Å². The van der Waals surface area contributed by atoms with Gasteiger partial charge < -0.3 is 10.1 Å². The van der Waals surface area contributed by atoms with E-state index in [-0.39, 0.29) is 22.8 Å². The summed E-state index contributed by atoms with van der Waals surface area (Å²) < 4.78 is 6.06. The van der Waals surface area contributed by atoms with Gasteiger partial charge in [-0.2, -0.15) is 0 Å². The normalized spacial score (nSPS) is 10.3. The topological polar surface area (TPSA) is 121 Å². The van der Waals surface area contributed by atoms with Gasteiger partial charge in [0.05, 0.1) is 4.92 Å². The molecule has 0 bridgehead atoms. The fraction of sp³-hybridized carbons (Fsp3) is 0.267. The molecule has 1 aromatic heterocycles. The van der Waals surface area contributed by atoms with Crippen LogP contribution in [0.25, 0.3) is 0 Å². The van der Waals surface area contributed by atoms with E-state index >= 15 is 0 Å². The minimum atomic E-state index is -0.752. The van der Waals surface area contributed by atoms with E-state index in [0.29, 0.717) is 11.3 Å². The van der Waals surface area contributed by atoms with Crippen LogP contribution in [0.5, 0.6) is 0 Å². The number of carbonyl (C=O) groups excluding carboxylic acids is 2. The molecule has 2 aromatic rings. The maximum Gasteiger partial charge on any atom is 0.326 e. The highest BCUT2D eigenvalue weighted by Gasteiger charge is 2.18. The van der Waals surface area contributed by atoms with Gasteiger partial charge in [0, 0.05) is 17.1 Å². The Labute approximate surface area is 146 Å². The van der Waals surface area contributed by atoms with Gasteiger partial charge in [-0.3, -0.25) is 29.1 Å². The lowest BCUT2D eigenvalue weighted by Crippen LogP contribution is -2.26. The number of nitro benzene ring substituents is 1. The second kappa shape index (κ2) is 7.71. The minimum Gasteiger partial charge on any atom is -0.454 e. The van der Waals surface area contributed by atoms with E-state index in [0.717, 1.165) is 11.3 Å². The van der Waals surface area contributed by atoms with E-state index in [4.69, 9.17) is 4.74 Å². The second-order valence-electron chi connectivity index (χ2n) is 5.16. The Kier molecular flexibility index (Phi) is 5.65. The number of rotatable bonds is 6. The van der Waals surface area contributed by atoms with Gasteiger partial charge in [-0.1, -0.05) is 23.5 Å². The van der Waals surface area contributed by atoms with Crippen LogP contribution >= 0.6 is 11.3 Å². The maximum absolute atomic E-state index is 11.9. The fourth-order valence-corrected chi connectivity index (χ4v) is 2.79. The Morgan fingerprint density at radius 3 is 2.68 bits per heavy atom. The number of ether oxygens (including phenoxy) is 1. The molecule has 1 aromatic carbocycles. The van der Waals surface area contributed by atoms with E-state index < -0.39 is 23.4 Å². The number of carbonyl (C=O) groups is 2. The number of para-hydroxylation sites is 1. The molecule has 0 aliphatic rings. The van der Waals surface area contributed by atoms with Crippen LogP contribution in [0.1, 0.15) is 11.3 Å². The van der Waals surface area contributed by atoms with Crippen LogP contribution in [0.3, 0.4) is 0 Å². The van der Waals surface area contributed by atoms with Crippen LogP contribution in [0.4, 0.5) is 11.4 Å². The van der Waals surface area contributed by atoms with Crippen molar-refractivity contribution >= 4 is 34.6 Å². The zero-order valence-corrected chi connectivity index (χ0v) is 14.3. The highest BCUT2D eigenvalue weighted by molar-refractivity contribution is 7.07. The minimum absolute atomic E-state index is 0.0541. The summed E-state index contributed by atoms with van der Waals surface area (Å²) >= 11 is 0.962. The van der Waals surface area contributed by atoms with Crippen LogP contribution in [0, 0.1) is 24.0 Å². The lowest BCUT2D eigenvalue weighted by atomic mass is 10.1. The third kappa shape index (κ3) is 4.51. The average molecular weight is 365 g/mol. The quantitative estimate of drug-likeness (QED) is 0.472. The zero-order valence-electron chi connectivity index (χ0n) is 13.5. The van der Waals surface area contributed by atoms with E-state index in [1.807, 2.05) is 0 Å². The van der Waals surface area contributed by atoms with Crippen molar-refractivity contribution in [3.8, 4) is 0 Å². The number of aryl methyl sites for hydroxylation is 2. The van der Waals surface area contributed by atoms with Gasteiger partial charge in [-0.25, -0.2) is 0 Å². The summed E-state index contributed by atoms with van der Waals surface area (Å²) in [6, 6.07) is 4.38. The Morgan fingerprint density at radius 2 is 2.08 bits per heavy atom. The van der Waals surface area contributed by atoms with Crippen molar-refractivity contribution in [2.75, 3.05) is 11.9 Å². The van der Waals surface area contributed by atoms with Gasteiger partial charge in [0.2, 0.25) is 0 Å². The first-order valence-corrected chi connectivity index (χ1v) is 8.02. The van der Waals surface area contributed by atoms with Gasteiger partial charge >= 0.3 is 10.8 Å². The predicted octanol–water partition coefficient (Wildman–Crippen LogP) is 1.62. The summed E-state index contributed by atoms with van der Waals surface area (Å²) in [5.74, 6) is -1.46. The number of esters is 1. The molecule has 25 heavy (non-hydrogen) atoms. The Hall–Kier alpha value is -3.01. The number of nitrogens with one attached hydrogen (secondary N) is 1. The third-order valence-corrected chi connectivity index (χ3v) is 4.22. The largest absolute Gasteiger partial charge is 0.454 e. The molecule has 2 rings (SSSR count). The molecule has 0 spiro atoms. The molecule has 10 heteroatoms. The standard InChI is InChI=1S/C15H15N3O6S/c1-9-4-3-5-11(18(22)23)14(9)16-12(19)7-24-13(20)6-17-10(2)8-25-15(17)21/h3-5,8H,6-7H2,1-2H3,(H,16,19). The first-order chi connectivity index (χ1) is 11.8. The highest BCUT2D eigenvalue weighted by Crippen LogP contribution is 2.27. The van der Waals surface area contributed by atoms with Crippen LogP contribution in [-0.4, -0.2) is 28.0 Å². The number of hydrogen-bond donors (Lipinski definition) is 1. The van der Waals surface area contributed by atoms with Crippen molar-refractivity contribution in [3.63, 3.8) is 0 Å². The molecule has 0 aliphatic carbocycles. The van der Waals surface area contributed by atoms with E-state index in [1.165, 1.54) is 16.7 Å². The summed E-state index contributed by atoms with van der Waals surface area (Å²) in [7, 11) is 0. The van der Waals surface area contributed by atoms with Gasteiger partial charge in [-0.15, -0.1) is 0 Å². The molecule has 132 valence electrons. The molecule has 1 amide bonds. The monoisotopic (exact) mass is 365 g/mol. The van der Waals surface area contributed by atoms with Crippen molar-refractivity contribution in [2.24, 2.45) is 0 Å². The lowest BCUT2D eigenvalue weighted by Gasteiger charge is -2.09. The highest BCUT2D eigenvalue weighted by atomic mass is 32.1. The predicted molar refractivity (Wildman–Crippen MR) is 90.7 cm³/mol. The molecule has 1 N–H and O–H groups in total.